The summed E-state index contributed by atoms with van der Waals surface area (Å²) in [5.41, 5.74) is 1.77. The molecule has 0 spiro atoms. The molecule has 0 aromatic heterocycles. The second-order valence-electron chi connectivity index (χ2n) is 4.69. The van der Waals surface area contributed by atoms with Crippen molar-refractivity contribution in [1.82, 2.24) is 4.90 Å². The van der Waals surface area contributed by atoms with Crippen molar-refractivity contribution >= 4 is 17.5 Å². The summed E-state index contributed by atoms with van der Waals surface area (Å²) in [6.45, 7) is 2.35. The number of methoxy groups -OCH3 is 1. The van der Waals surface area contributed by atoms with Crippen molar-refractivity contribution in [3.05, 3.63) is 35.4 Å². The summed E-state index contributed by atoms with van der Waals surface area (Å²) in [6, 6.07) is 7.51. The lowest BCUT2D eigenvalue weighted by atomic mass is 10.1. The zero-order valence-electron chi connectivity index (χ0n) is 10.6. The summed E-state index contributed by atoms with van der Waals surface area (Å²) in [7, 11) is 1.70. The highest BCUT2D eigenvalue weighted by molar-refractivity contribution is 6.17. The van der Waals surface area contributed by atoms with Gasteiger partial charge in [-0.2, -0.15) is 0 Å². The van der Waals surface area contributed by atoms with Crippen molar-refractivity contribution < 1.29 is 9.53 Å². The number of carbonyl (C=O) groups excluding carboxylic acids is 1. The van der Waals surface area contributed by atoms with Gasteiger partial charge in [0.15, 0.2) is 0 Å². The lowest BCUT2D eigenvalue weighted by Crippen LogP contribution is -2.29. The Morgan fingerprint density at radius 1 is 1.44 bits per heavy atom. The Labute approximate surface area is 113 Å². The van der Waals surface area contributed by atoms with E-state index in [-0.39, 0.29) is 5.91 Å². The fourth-order valence-corrected chi connectivity index (χ4v) is 2.49. The molecular weight excluding hydrogens is 250 g/mol. The van der Waals surface area contributed by atoms with Gasteiger partial charge in [0.2, 0.25) is 0 Å². The molecule has 1 fully saturated rings. The van der Waals surface area contributed by atoms with Crippen LogP contribution in [0.3, 0.4) is 0 Å². The number of halogens is 1. The maximum atomic E-state index is 12.2. The fourth-order valence-electron chi connectivity index (χ4n) is 2.31. The van der Waals surface area contributed by atoms with E-state index >= 15 is 0 Å². The molecule has 1 saturated heterocycles. The van der Waals surface area contributed by atoms with E-state index in [1.807, 2.05) is 29.2 Å². The predicted molar refractivity (Wildman–Crippen MR) is 71.9 cm³/mol. The highest BCUT2D eigenvalue weighted by atomic mass is 35.5. The van der Waals surface area contributed by atoms with Crippen LogP contribution in [0, 0.1) is 5.92 Å². The number of hydrogen-bond donors (Lipinski definition) is 0. The molecule has 98 valence electrons. The second-order valence-corrected chi connectivity index (χ2v) is 4.96. The van der Waals surface area contributed by atoms with E-state index < -0.39 is 0 Å². The predicted octanol–water partition coefficient (Wildman–Crippen LogP) is 2.53. The molecule has 1 aromatic carbocycles. The van der Waals surface area contributed by atoms with Crippen molar-refractivity contribution in [3.63, 3.8) is 0 Å². The van der Waals surface area contributed by atoms with E-state index in [0.717, 1.165) is 37.2 Å². The number of benzene rings is 1. The van der Waals surface area contributed by atoms with Crippen LogP contribution in [0.1, 0.15) is 22.3 Å². The van der Waals surface area contributed by atoms with Crippen molar-refractivity contribution in [3.8, 4) is 0 Å². The maximum Gasteiger partial charge on any atom is 0.253 e. The molecule has 1 aromatic rings. The molecule has 4 heteroatoms. The zero-order chi connectivity index (χ0) is 13.0. The van der Waals surface area contributed by atoms with Crippen LogP contribution in [0.15, 0.2) is 24.3 Å². The first kappa shape index (κ1) is 13.4. The van der Waals surface area contributed by atoms with Gasteiger partial charge >= 0.3 is 0 Å². The van der Waals surface area contributed by atoms with E-state index in [1.54, 1.807) is 7.11 Å². The third-order valence-corrected chi connectivity index (χ3v) is 3.64. The largest absolute Gasteiger partial charge is 0.384 e. The minimum Gasteiger partial charge on any atom is -0.384 e. The Kier molecular flexibility index (Phi) is 4.61. The van der Waals surface area contributed by atoms with Gasteiger partial charge in [0.05, 0.1) is 6.61 Å². The Bertz CT molecular complexity index is 405. The van der Waals surface area contributed by atoms with Crippen LogP contribution in [0.4, 0.5) is 0 Å². The summed E-state index contributed by atoms with van der Waals surface area (Å²) in [5.74, 6) is 1.06. The molecule has 18 heavy (non-hydrogen) atoms. The molecule has 1 unspecified atom stereocenters. The van der Waals surface area contributed by atoms with E-state index in [4.69, 9.17) is 16.3 Å². The molecule has 0 N–H and O–H groups in total. The highest BCUT2D eigenvalue weighted by Gasteiger charge is 2.26. The smallest absolute Gasteiger partial charge is 0.253 e. The van der Waals surface area contributed by atoms with Crippen molar-refractivity contribution in [2.45, 2.75) is 12.3 Å². The van der Waals surface area contributed by atoms with Gasteiger partial charge in [0.1, 0.15) is 0 Å². The number of alkyl halides is 1. The second kappa shape index (κ2) is 6.21. The number of hydrogen-bond acceptors (Lipinski definition) is 2. The first-order valence-electron chi connectivity index (χ1n) is 6.17. The number of amides is 1. The third kappa shape index (κ3) is 3.03. The van der Waals surface area contributed by atoms with Crippen LogP contribution in [0.25, 0.3) is 0 Å². The summed E-state index contributed by atoms with van der Waals surface area (Å²) in [4.78, 5) is 14.2. The minimum absolute atomic E-state index is 0.106. The van der Waals surface area contributed by atoms with Gasteiger partial charge in [-0.1, -0.05) is 12.1 Å². The Hall–Kier alpha value is -1.06. The molecule has 1 aliphatic rings. The van der Waals surface area contributed by atoms with Crippen molar-refractivity contribution in [2.24, 2.45) is 5.92 Å². The van der Waals surface area contributed by atoms with E-state index in [2.05, 4.69) is 0 Å². The average Bonchev–Trinajstić information content (AvgIpc) is 2.87. The Balaban J connectivity index is 1.98. The van der Waals surface area contributed by atoms with E-state index in [1.165, 1.54) is 0 Å². The average molecular weight is 268 g/mol. The molecule has 0 saturated carbocycles. The molecule has 0 bridgehead atoms. The summed E-state index contributed by atoms with van der Waals surface area (Å²) < 4.78 is 5.14. The summed E-state index contributed by atoms with van der Waals surface area (Å²) >= 11 is 5.73. The van der Waals surface area contributed by atoms with Crippen molar-refractivity contribution in [1.29, 1.82) is 0 Å². The SMILES string of the molecule is COCC1CCN(C(=O)c2ccc(CCl)cc2)C1. The first-order chi connectivity index (χ1) is 8.74. The van der Waals surface area contributed by atoms with Crippen LogP contribution in [-0.4, -0.2) is 37.6 Å². The van der Waals surface area contributed by atoms with Gasteiger partial charge < -0.3 is 9.64 Å². The maximum absolute atomic E-state index is 12.2. The molecule has 2 rings (SSSR count). The molecule has 0 aliphatic carbocycles. The van der Waals surface area contributed by atoms with E-state index in [9.17, 15) is 4.79 Å². The van der Waals surface area contributed by atoms with Gasteiger partial charge in [0, 0.05) is 37.6 Å². The summed E-state index contributed by atoms with van der Waals surface area (Å²) in [5, 5.41) is 0. The number of rotatable bonds is 4. The van der Waals surface area contributed by atoms with Gasteiger partial charge in [-0.25, -0.2) is 0 Å². The van der Waals surface area contributed by atoms with Crippen LogP contribution < -0.4 is 0 Å². The number of ether oxygens (including phenoxy) is 1. The van der Waals surface area contributed by atoms with Crippen LogP contribution in [-0.2, 0) is 10.6 Å². The van der Waals surface area contributed by atoms with Crippen LogP contribution >= 0.6 is 11.6 Å². The van der Waals surface area contributed by atoms with Crippen LogP contribution in [0.2, 0.25) is 0 Å². The summed E-state index contributed by atoms with van der Waals surface area (Å²) in [6.07, 6.45) is 1.03. The lowest BCUT2D eigenvalue weighted by Gasteiger charge is -2.16. The molecule has 0 radical (unpaired) electrons. The third-order valence-electron chi connectivity index (χ3n) is 3.33. The first-order valence-corrected chi connectivity index (χ1v) is 6.71. The number of carbonyl (C=O) groups is 1. The number of nitrogens with zero attached hydrogens (tertiary/aromatic N) is 1. The van der Waals surface area contributed by atoms with Gasteiger partial charge in [-0.3, -0.25) is 4.79 Å². The molecule has 1 aliphatic heterocycles. The quantitative estimate of drug-likeness (QED) is 0.785. The monoisotopic (exact) mass is 267 g/mol. The standard InChI is InChI=1S/C14H18ClNO2/c1-18-10-12-6-7-16(9-12)14(17)13-4-2-11(8-15)3-5-13/h2-5,12H,6-10H2,1H3. The van der Waals surface area contributed by atoms with E-state index in [0.29, 0.717) is 11.8 Å². The van der Waals surface area contributed by atoms with Crippen LogP contribution in [0.5, 0.6) is 0 Å². The fraction of sp³-hybridized carbons (Fsp3) is 0.500. The van der Waals surface area contributed by atoms with Gasteiger partial charge in [0.25, 0.3) is 5.91 Å². The molecule has 1 heterocycles. The molecule has 1 amide bonds. The Morgan fingerprint density at radius 3 is 2.78 bits per heavy atom. The topological polar surface area (TPSA) is 29.5 Å². The van der Waals surface area contributed by atoms with Crippen molar-refractivity contribution in [2.75, 3.05) is 26.8 Å². The normalized spacial score (nSPS) is 19.2. The van der Waals surface area contributed by atoms with Gasteiger partial charge in [-0.05, 0) is 24.1 Å². The molecule has 3 nitrogen and oxygen atoms in total. The number of likely N-dealkylation sites (tertiary alicyclic amines) is 1. The molecule has 1 atom stereocenters. The zero-order valence-corrected chi connectivity index (χ0v) is 11.3. The molecular formula is C14H18ClNO2. The Morgan fingerprint density at radius 2 is 2.17 bits per heavy atom. The highest BCUT2D eigenvalue weighted by Crippen LogP contribution is 2.19. The van der Waals surface area contributed by atoms with Gasteiger partial charge in [-0.15, -0.1) is 11.6 Å². The minimum atomic E-state index is 0.106. The lowest BCUT2D eigenvalue weighted by molar-refractivity contribution is 0.0775.